The number of hydrogen-bond acceptors (Lipinski definition) is 7. The van der Waals surface area contributed by atoms with Gasteiger partial charge in [-0.25, -0.2) is 14.2 Å². The number of carbonyl (C=O) groups excluding carboxylic acids is 2. The number of amides is 2. The molecule has 1 spiro atoms. The minimum absolute atomic E-state index is 0.115. The molecular weight excluding hydrogens is 603 g/mol. The SMILES string of the molecule is COc1nc(-c2cccc(-c3cccc(NC(=O)c4cn(C)c(=O)n(C)c4=O)c3C)c2F)cc2c1C(N1CC3(CCC(=O)N3)C1)CC2. The number of methoxy groups -OCH3 is 1. The Balaban J connectivity index is 1.18. The summed E-state index contributed by atoms with van der Waals surface area (Å²) in [4.78, 5) is 56.8. The van der Waals surface area contributed by atoms with Gasteiger partial charge in [0.2, 0.25) is 11.8 Å². The number of ether oxygens (including phenoxy) is 1. The van der Waals surface area contributed by atoms with E-state index in [2.05, 4.69) is 15.5 Å². The van der Waals surface area contributed by atoms with Gasteiger partial charge in [0.15, 0.2) is 0 Å². The van der Waals surface area contributed by atoms with Crippen LogP contribution in [-0.2, 0) is 25.3 Å². The number of benzene rings is 2. The van der Waals surface area contributed by atoms with Crippen molar-refractivity contribution in [2.75, 3.05) is 25.5 Å². The van der Waals surface area contributed by atoms with Crippen molar-refractivity contribution in [1.82, 2.24) is 24.3 Å². The maximum atomic E-state index is 16.4. The van der Waals surface area contributed by atoms with Gasteiger partial charge in [0, 0.05) is 68.2 Å². The molecule has 2 saturated heterocycles. The van der Waals surface area contributed by atoms with Crippen molar-refractivity contribution in [3.8, 4) is 28.3 Å². The average Bonchev–Trinajstić information content (AvgIpc) is 3.65. The number of pyridine rings is 1. The van der Waals surface area contributed by atoms with Crippen molar-refractivity contribution in [1.29, 1.82) is 0 Å². The molecule has 3 aliphatic rings. The molecule has 4 heterocycles. The van der Waals surface area contributed by atoms with E-state index in [4.69, 9.17) is 9.72 Å². The molecule has 47 heavy (non-hydrogen) atoms. The number of aryl methyl sites for hydroxylation is 2. The van der Waals surface area contributed by atoms with Gasteiger partial charge in [-0.05, 0) is 61.1 Å². The van der Waals surface area contributed by atoms with E-state index in [0.29, 0.717) is 45.9 Å². The number of hydrogen-bond donors (Lipinski definition) is 2. The Kier molecular flexibility index (Phi) is 7.35. The quantitative estimate of drug-likeness (QED) is 0.331. The summed E-state index contributed by atoms with van der Waals surface area (Å²) in [5, 5.41) is 5.90. The first-order chi connectivity index (χ1) is 22.5. The lowest BCUT2D eigenvalue weighted by Crippen LogP contribution is -2.67. The predicted molar refractivity (Wildman–Crippen MR) is 174 cm³/mol. The van der Waals surface area contributed by atoms with Gasteiger partial charge in [-0.3, -0.25) is 23.9 Å². The molecule has 1 atom stereocenters. The molecule has 2 aromatic heterocycles. The number of nitrogens with zero attached hydrogens (tertiary/aromatic N) is 4. The minimum Gasteiger partial charge on any atom is -0.481 e. The van der Waals surface area contributed by atoms with Crippen LogP contribution in [0.3, 0.4) is 0 Å². The molecule has 1 aliphatic carbocycles. The molecular formula is C35H35FN6O5. The summed E-state index contributed by atoms with van der Waals surface area (Å²) in [6.07, 6.45) is 4.34. The van der Waals surface area contributed by atoms with Crippen LogP contribution in [0.1, 0.15) is 52.4 Å². The second-order valence-electron chi connectivity index (χ2n) is 12.8. The fraction of sp³-hybridized carbons (Fsp3) is 0.343. The normalized spacial score (nSPS) is 18.1. The standard InChI is InChI=1S/C35H35FN6O5/c1-19-21(7-6-10-25(19)37-31(44)24-16-40(2)34(46)41(3)33(24)45)22-8-5-9-23(30(22)36)26-15-20-11-12-27(29(20)32(38-26)47-4)42-17-35(18-42)14-13-28(43)39-35/h5-10,15-16,27H,11-14,17-18H2,1-4H3,(H,37,44)(H,39,43). The zero-order valence-corrected chi connectivity index (χ0v) is 26.6. The first-order valence-electron chi connectivity index (χ1n) is 15.6. The molecule has 7 rings (SSSR count). The highest BCUT2D eigenvalue weighted by Crippen LogP contribution is 2.47. The first-order valence-corrected chi connectivity index (χ1v) is 15.6. The highest BCUT2D eigenvalue weighted by atomic mass is 19.1. The molecule has 242 valence electrons. The lowest BCUT2D eigenvalue weighted by Gasteiger charge is -2.50. The third-order valence-electron chi connectivity index (χ3n) is 9.85. The van der Waals surface area contributed by atoms with Gasteiger partial charge in [0.05, 0.1) is 18.3 Å². The Morgan fingerprint density at radius 2 is 1.79 bits per heavy atom. The van der Waals surface area contributed by atoms with Gasteiger partial charge >= 0.3 is 5.69 Å². The lowest BCUT2D eigenvalue weighted by molar-refractivity contribution is -0.121. The Labute approximate surface area is 270 Å². The van der Waals surface area contributed by atoms with E-state index in [1.165, 1.54) is 24.9 Å². The maximum Gasteiger partial charge on any atom is 0.330 e. The zero-order chi connectivity index (χ0) is 33.2. The number of carbonyl (C=O) groups is 2. The predicted octanol–water partition coefficient (Wildman–Crippen LogP) is 3.47. The van der Waals surface area contributed by atoms with Gasteiger partial charge in [-0.1, -0.05) is 24.3 Å². The van der Waals surface area contributed by atoms with Crippen LogP contribution < -0.4 is 26.6 Å². The molecule has 2 N–H and O–H groups in total. The monoisotopic (exact) mass is 638 g/mol. The second kappa shape index (κ2) is 11.3. The van der Waals surface area contributed by atoms with Crippen LogP contribution in [0.25, 0.3) is 22.4 Å². The Morgan fingerprint density at radius 3 is 2.51 bits per heavy atom. The van der Waals surface area contributed by atoms with Crippen LogP contribution in [-0.4, -0.2) is 56.6 Å². The molecule has 12 heteroatoms. The molecule has 2 aromatic carbocycles. The van der Waals surface area contributed by atoms with Crippen molar-refractivity contribution in [3.63, 3.8) is 0 Å². The van der Waals surface area contributed by atoms with E-state index in [0.717, 1.165) is 48.0 Å². The highest BCUT2D eigenvalue weighted by Gasteiger charge is 2.51. The lowest BCUT2D eigenvalue weighted by atomic mass is 9.86. The van der Waals surface area contributed by atoms with E-state index in [1.54, 1.807) is 50.4 Å². The number of rotatable bonds is 6. The molecule has 4 aromatic rings. The van der Waals surface area contributed by atoms with Crippen molar-refractivity contribution in [2.45, 2.75) is 44.2 Å². The van der Waals surface area contributed by atoms with E-state index in [1.807, 2.05) is 6.07 Å². The summed E-state index contributed by atoms with van der Waals surface area (Å²) in [7, 11) is 4.35. The largest absolute Gasteiger partial charge is 0.481 e. The van der Waals surface area contributed by atoms with E-state index in [-0.39, 0.29) is 23.1 Å². The highest BCUT2D eigenvalue weighted by molar-refractivity contribution is 6.04. The topological polar surface area (TPSA) is 128 Å². The number of fused-ring (bicyclic) bond motifs is 1. The van der Waals surface area contributed by atoms with Crippen LogP contribution in [0.2, 0.25) is 0 Å². The number of aromatic nitrogens is 3. The Hall–Kier alpha value is -5.10. The molecule has 0 radical (unpaired) electrons. The van der Waals surface area contributed by atoms with Crippen LogP contribution >= 0.6 is 0 Å². The van der Waals surface area contributed by atoms with Crippen LogP contribution in [0.15, 0.2) is 58.3 Å². The maximum absolute atomic E-state index is 16.4. The second-order valence-corrected chi connectivity index (χ2v) is 12.8. The Morgan fingerprint density at radius 1 is 1.06 bits per heavy atom. The minimum atomic E-state index is -0.710. The first kappa shape index (κ1) is 30.5. The fourth-order valence-electron chi connectivity index (χ4n) is 7.36. The number of likely N-dealkylation sites (tertiary alicyclic amines) is 1. The van der Waals surface area contributed by atoms with Gasteiger partial charge in [0.25, 0.3) is 11.5 Å². The van der Waals surface area contributed by atoms with Gasteiger partial charge in [0.1, 0.15) is 11.4 Å². The third-order valence-corrected chi connectivity index (χ3v) is 9.85. The molecule has 2 fully saturated rings. The zero-order valence-electron chi connectivity index (χ0n) is 26.6. The van der Waals surface area contributed by atoms with Crippen molar-refractivity contribution in [2.24, 2.45) is 14.1 Å². The van der Waals surface area contributed by atoms with E-state index >= 15 is 4.39 Å². The average molecular weight is 639 g/mol. The van der Waals surface area contributed by atoms with Gasteiger partial charge < -0.3 is 19.9 Å². The van der Waals surface area contributed by atoms with Crippen molar-refractivity contribution >= 4 is 17.5 Å². The summed E-state index contributed by atoms with van der Waals surface area (Å²) in [5.74, 6) is -0.544. The Bertz CT molecular complexity index is 2100. The summed E-state index contributed by atoms with van der Waals surface area (Å²) >= 11 is 0. The molecule has 1 unspecified atom stereocenters. The van der Waals surface area contributed by atoms with Crippen LogP contribution in [0, 0.1) is 12.7 Å². The molecule has 11 nitrogen and oxygen atoms in total. The van der Waals surface area contributed by atoms with Crippen LogP contribution in [0.5, 0.6) is 5.88 Å². The molecule has 2 aliphatic heterocycles. The van der Waals surface area contributed by atoms with Crippen LogP contribution in [0.4, 0.5) is 10.1 Å². The van der Waals surface area contributed by atoms with Crippen molar-refractivity contribution in [3.05, 3.63) is 97.6 Å². The number of anilines is 1. The third kappa shape index (κ3) is 5.03. The molecule has 2 amide bonds. The van der Waals surface area contributed by atoms with E-state index < -0.39 is 23.0 Å². The smallest absolute Gasteiger partial charge is 0.330 e. The summed E-state index contributed by atoms with van der Waals surface area (Å²) in [6, 6.07) is 12.4. The number of halogens is 1. The summed E-state index contributed by atoms with van der Waals surface area (Å²) in [6.45, 7) is 3.36. The number of nitrogens with one attached hydrogen (secondary N) is 2. The van der Waals surface area contributed by atoms with Gasteiger partial charge in [-0.15, -0.1) is 0 Å². The molecule has 0 bridgehead atoms. The van der Waals surface area contributed by atoms with Gasteiger partial charge in [-0.2, -0.15) is 0 Å². The molecule has 0 saturated carbocycles. The summed E-state index contributed by atoms with van der Waals surface area (Å²) < 4.78 is 24.3. The fourth-order valence-corrected chi connectivity index (χ4v) is 7.36. The van der Waals surface area contributed by atoms with E-state index in [9.17, 15) is 19.2 Å². The van der Waals surface area contributed by atoms with Crippen molar-refractivity contribution < 1.29 is 18.7 Å². The summed E-state index contributed by atoms with van der Waals surface area (Å²) in [5.41, 5.74) is 3.23.